The molecule has 5 atom stereocenters. The number of amidine groups is 1. The molecule has 2 aliphatic heterocycles. The second kappa shape index (κ2) is 12.2. The van der Waals surface area contributed by atoms with Crippen LogP contribution < -0.4 is 0 Å². The molecule has 1 saturated carbocycles. The molecular weight excluding hydrogens is 564 g/mol. The van der Waals surface area contributed by atoms with E-state index in [9.17, 15) is 24.9 Å². The van der Waals surface area contributed by atoms with E-state index in [1.165, 1.54) is 4.68 Å². The van der Waals surface area contributed by atoms with Crippen molar-refractivity contribution in [3.05, 3.63) is 54.1 Å². The van der Waals surface area contributed by atoms with Gasteiger partial charge in [-0.15, -0.1) is 5.10 Å². The summed E-state index contributed by atoms with van der Waals surface area (Å²) in [6.45, 7) is 4.17. The van der Waals surface area contributed by atoms with Crippen LogP contribution in [0.4, 0.5) is 0 Å². The van der Waals surface area contributed by atoms with Gasteiger partial charge in [-0.05, 0) is 46.4 Å². The van der Waals surface area contributed by atoms with Crippen LogP contribution in [0.1, 0.15) is 70.6 Å². The van der Waals surface area contributed by atoms with Crippen molar-refractivity contribution >= 4 is 17.7 Å². The van der Waals surface area contributed by atoms with Crippen LogP contribution in [0.15, 0.2) is 53.5 Å². The topological polar surface area (TPSA) is 163 Å². The maximum atomic E-state index is 13.6. The Morgan fingerprint density at radius 2 is 1.75 bits per heavy atom. The Balaban J connectivity index is 1.26. The number of amides is 1. The summed E-state index contributed by atoms with van der Waals surface area (Å²) in [4.78, 5) is 32.2. The van der Waals surface area contributed by atoms with Crippen LogP contribution in [0.25, 0.3) is 22.5 Å². The molecule has 232 valence electrons. The van der Waals surface area contributed by atoms with Gasteiger partial charge in [0.05, 0.1) is 12.6 Å². The Morgan fingerprint density at radius 3 is 2.43 bits per heavy atom. The number of benzene rings is 2. The first-order valence-corrected chi connectivity index (χ1v) is 15.4. The molecule has 2 aromatic carbocycles. The van der Waals surface area contributed by atoms with E-state index in [0.29, 0.717) is 12.1 Å². The van der Waals surface area contributed by atoms with Crippen molar-refractivity contribution in [3.8, 4) is 22.5 Å². The lowest BCUT2D eigenvalue weighted by atomic mass is 9.90. The molecule has 1 unspecified atom stereocenters. The molecule has 3 N–H and O–H groups in total. The van der Waals surface area contributed by atoms with Gasteiger partial charge in [-0.2, -0.15) is 4.68 Å². The van der Waals surface area contributed by atoms with Gasteiger partial charge < -0.3 is 20.1 Å². The Labute approximate surface area is 255 Å². The highest BCUT2D eigenvalue weighted by Crippen LogP contribution is 2.41. The molecule has 2 fully saturated rings. The summed E-state index contributed by atoms with van der Waals surface area (Å²) in [7, 11) is 0. The van der Waals surface area contributed by atoms with Gasteiger partial charge in [0.15, 0.2) is 18.2 Å². The number of rotatable bonds is 9. The van der Waals surface area contributed by atoms with Crippen molar-refractivity contribution < 1.29 is 29.6 Å². The van der Waals surface area contributed by atoms with Gasteiger partial charge in [-0.25, -0.2) is 4.79 Å². The lowest BCUT2D eigenvalue weighted by Crippen LogP contribution is -2.54. The zero-order valence-corrected chi connectivity index (χ0v) is 24.9. The number of tetrazole rings is 1. The summed E-state index contributed by atoms with van der Waals surface area (Å²) in [6, 6.07) is 15.5. The first kappa shape index (κ1) is 30.0. The van der Waals surface area contributed by atoms with Crippen molar-refractivity contribution in [3.63, 3.8) is 0 Å². The van der Waals surface area contributed by atoms with Crippen LogP contribution in [0, 0.1) is 5.92 Å². The van der Waals surface area contributed by atoms with Crippen LogP contribution in [0.3, 0.4) is 0 Å². The standard InChI is InChI=1S/C32H38N6O6/c1-3-4-11-24-33-32(16-7-8-17-32)31(43)37(24)18-20-12-14-21(15-13-20)22-9-5-6-10-23(22)28-34-35-36-38(28)29-26(40)19(2)25(39)27(44-29)30(41)42/h5-6,9-10,12-15,19,25-27,29,39-40H,3-4,7-8,11,16-18H2,1-2H3,(H,41,42)/t19-,25-,26+,27-,29?/m0/s1. The number of ether oxygens (including phenoxy) is 1. The zero-order valence-electron chi connectivity index (χ0n) is 24.9. The predicted molar refractivity (Wildman–Crippen MR) is 160 cm³/mol. The number of nitrogens with zero attached hydrogens (tertiary/aromatic N) is 6. The number of hydrogen-bond acceptors (Lipinski definition) is 9. The number of aliphatic hydroxyl groups is 2. The van der Waals surface area contributed by atoms with Gasteiger partial charge >= 0.3 is 5.97 Å². The molecule has 12 nitrogen and oxygen atoms in total. The van der Waals surface area contributed by atoms with E-state index in [1.807, 2.05) is 53.4 Å². The average Bonchev–Trinajstić information content (AvgIpc) is 3.77. The molecule has 3 aromatic rings. The largest absolute Gasteiger partial charge is 0.479 e. The molecule has 44 heavy (non-hydrogen) atoms. The van der Waals surface area contributed by atoms with E-state index in [1.54, 1.807) is 6.92 Å². The number of aliphatic imine (C=N–C) groups is 1. The summed E-state index contributed by atoms with van der Waals surface area (Å²) in [5.74, 6) is -0.828. The van der Waals surface area contributed by atoms with E-state index in [0.717, 1.165) is 67.5 Å². The number of carbonyl (C=O) groups excluding carboxylic acids is 1. The minimum absolute atomic E-state index is 0.126. The van der Waals surface area contributed by atoms with E-state index >= 15 is 0 Å². The maximum Gasteiger partial charge on any atom is 0.335 e. The van der Waals surface area contributed by atoms with Gasteiger partial charge in [-0.1, -0.05) is 81.6 Å². The fourth-order valence-electron chi connectivity index (χ4n) is 6.60. The highest BCUT2D eigenvalue weighted by molar-refractivity contribution is 6.08. The van der Waals surface area contributed by atoms with Crippen LogP contribution in [0.5, 0.6) is 0 Å². The summed E-state index contributed by atoms with van der Waals surface area (Å²) in [5, 5.41) is 42.9. The van der Waals surface area contributed by atoms with Crippen molar-refractivity contribution in [2.75, 3.05) is 0 Å². The van der Waals surface area contributed by atoms with Crippen LogP contribution in [-0.2, 0) is 20.9 Å². The third-order valence-corrected chi connectivity index (χ3v) is 9.20. The molecule has 3 heterocycles. The number of aliphatic hydroxyl groups excluding tert-OH is 2. The first-order valence-electron chi connectivity index (χ1n) is 15.4. The molecule has 1 aliphatic carbocycles. The number of carbonyl (C=O) groups is 2. The first-order chi connectivity index (χ1) is 21.2. The number of aromatic nitrogens is 4. The Hall–Kier alpha value is -4.00. The number of aliphatic carboxylic acids is 1. The van der Waals surface area contributed by atoms with Crippen molar-refractivity contribution in [1.82, 2.24) is 25.1 Å². The molecule has 1 saturated heterocycles. The highest BCUT2D eigenvalue weighted by atomic mass is 16.6. The monoisotopic (exact) mass is 602 g/mol. The predicted octanol–water partition coefficient (Wildman–Crippen LogP) is 3.59. The second-order valence-corrected chi connectivity index (χ2v) is 12.1. The molecule has 1 aromatic heterocycles. The number of carboxylic acid groups (broad SMARTS) is 1. The number of carboxylic acids is 1. The average molecular weight is 603 g/mol. The quantitative estimate of drug-likeness (QED) is 0.332. The highest BCUT2D eigenvalue weighted by Gasteiger charge is 2.49. The minimum atomic E-state index is -1.54. The molecule has 0 bridgehead atoms. The molecule has 1 spiro atoms. The normalized spacial score (nSPS) is 26.4. The van der Waals surface area contributed by atoms with Crippen LogP contribution in [0.2, 0.25) is 0 Å². The molecule has 12 heteroatoms. The lowest BCUT2D eigenvalue weighted by Gasteiger charge is -2.39. The smallest absolute Gasteiger partial charge is 0.335 e. The van der Waals surface area contributed by atoms with E-state index < -0.39 is 42.0 Å². The molecular formula is C32H38N6O6. The Bertz CT molecular complexity index is 1550. The minimum Gasteiger partial charge on any atom is -0.479 e. The number of unbranched alkanes of at least 4 members (excludes halogenated alkanes) is 1. The third kappa shape index (κ3) is 5.31. The maximum absolute atomic E-state index is 13.6. The van der Waals surface area contributed by atoms with Crippen LogP contribution >= 0.6 is 0 Å². The van der Waals surface area contributed by atoms with Crippen LogP contribution in [-0.4, -0.2) is 82.0 Å². The molecule has 1 amide bonds. The van der Waals surface area contributed by atoms with Crippen molar-refractivity contribution in [1.29, 1.82) is 0 Å². The van der Waals surface area contributed by atoms with Crippen molar-refractivity contribution in [2.24, 2.45) is 10.9 Å². The van der Waals surface area contributed by atoms with Gasteiger partial charge in [0.2, 0.25) is 0 Å². The molecule has 6 rings (SSSR count). The van der Waals surface area contributed by atoms with Crippen molar-refractivity contribution in [2.45, 2.75) is 95.4 Å². The zero-order chi connectivity index (χ0) is 31.0. The Morgan fingerprint density at radius 1 is 1.05 bits per heavy atom. The fraction of sp³-hybridized carbons (Fsp3) is 0.500. The summed E-state index contributed by atoms with van der Waals surface area (Å²) >= 11 is 0. The third-order valence-electron chi connectivity index (χ3n) is 9.20. The SMILES string of the molecule is CCCCC1=NC2(CCCC2)C(=O)N1Cc1ccc(-c2ccccc2-c2nnnn2C2O[C@H](C(=O)O)[C@@H](O)[C@H](C)[C@H]2O)cc1. The van der Waals surface area contributed by atoms with E-state index in [4.69, 9.17) is 9.73 Å². The van der Waals surface area contributed by atoms with Gasteiger partial charge in [0, 0.05) is 17.9 Å². The summed E-state index contributed by atoms with van der Waals surface area (Å²) in [6.07, 6.45) is 1.15. The van der Waals surface area contributed by atoms with E-state index in [2.05, 4.69) is 22.4 Å². The summed E-state index contributed by atoms with van der Waals surface area (Å²) in [5.41, 5.74) is 2.78. The number of hydrogen-bond donors (Lipinski definition) is 3. The lowest BCUT2D eigenvalue weighted by molar-refractivity contribution is -0.230. The fourth-order valence-corrected chi connectivity index (χ4v) is 6.60. The second-order valence-electron chi connectivity index (χ2n) is 12.1. The van der Waals surface area contributed by atoms with Gasteiger partial charge in [0.1, 0.15) is 17.5 Å². The van der Waals surface area contributed by atoms with Gasteiger partial charge in [-0.3, -0.25) is 14.7 Å². The summed E-state index contributed by atoms with van der Waals surface area (Å²) < 4.78 is 6.90. The molecule has 3 aliphatic rings. The molecule has 0 radical (unpaired) electrons. The Kier molecular flexibility index (Phi) is 8.32. The van der Waals surface area contributed by atoms with E-state index in [-0.39, 0.29) is 11.7 Å². The van der Waals surface area contributed by atoms with Gasteiger partial charge in [0.25, 0.3) is 5.91 Å².